The van der Waals surface area contributed by atoms with Gasteiger partial charge < -0.3 is 4.98 Å². The number of hydrogen-bond donors (Lipinski definition) is 1. The number of rotatable bonds is 4. The molecule has 0 spiro atoms. The van der Waals surface area contributed by atoms with Crippen molar-refractivity contribution >= 4 is 0 Å². The molecule has 1 aliphatic heterocycles. The van der Waals surface area contributed by atoms with Crippen LogP contribution in [0.2, 0.25) is 0 Å². The average Bonchev–Trinajstić information content (AvgIpc) is 2.71. The Hall–Kier alpha value is -2.93. The molecule has 1 aromatic carbocycles. The van der Waals surface area contributed by atoms with Crippen LogP contribution in [0.4, 0.5) is 8.78 Å². The van der Waals surface area contributed by atoms with Crippen molar-refractivity contribution < 1.29 is 8.78 Å². The molecule has 1 saturated heterocycles. The van der Waals surface area contributed by atoms with Crippen LogP contribution < -0.4 is 5.56 Å². The summed E-state index contributed by atoms with van der Waals surface area (Å²) in [6, 6.07) is 11.0. The van der Waals surface area contributed by atoms with E-state index in [2.05, 4.69) is 19.9 Å². The van der Waals surface area contributed by atoms with Gasteiger partial charge in [-0.15, -0.1) is 0 Å². The van der Waals surface area contributed by atoms with Gasteiger partial charge in [-0.3, -0.25) is 14.7 Å². The highest BCUT2D eigenvalue weighted by Gasteiger charge is 2.23. The van der Waals surface area contributed by atoms with Gasteiger partial charge in [0.05, 0.1) is 11.4 Å². The van der Waals surface area contributed by atoms with Gasteiger partial charge >= 0.3 is 0 Å². The second kappa shape index (κ2) is 7.98. The smallest absolute Gasteiger partial charge is 0.251 e. The molecule has 0 aliphatic carbocycles. The SMILES string of the molecule is O=c1cc(-c2ccccn2)nc(C2CCN(Cc3ccc(F)c(F)c3)CC2)[nH]1. The normalized spacial score (nSPS) is 15.6. The molecule has 0 amide bonds. The summed E-state index contributed by atoms with van der Waals surface area (Å²) in [5.74, 6) is -0.816. The Morgan fingerprint density at radius 3 is 2.57 bits per heavy atom. The van der Waals surface area contributed by atoms with Crippen LogP contribution in [0, 0.1) is 11.6 Å². The first kappa shape index (κ1) is 18.4. The second-order valence-corrected chi connectivity index (χ2v) is 7.03. The molecule has 0 bridgehead atoms. The summed E-state index contributed by atoms with van der Waals surface area (Å²) in [6.45, 7) is 2.16. The Kier molecular flexibility index (Phi) is 5.25. The Bertz CT molecular complexity index is 1010. The molecule has 2 aromatic heterocycles. The molecular formula is C21H20F2N4O. The molecule has 7 heteroatoms. The number of hydrogen-bond acceptors (Lipinski definition) is 4. The van der Waals surface area contributed by atoms with Gasteiger partial charge in [-0.2, -0.15) is 0 Å². The quantitative estimate of drug-likeness (QED) is 0.750. The van der Waals surface area contributed by atoms with Crippen molar-refractivity contribution in [3.05, 3.63) is 82.0 Å². The van der Waals surface area contributed by atoms with Crippen molar-refractivity contribution in [1.82, 2.24) is 19.9 Å². The molecule has 0 atom stereocenters. The van der Waals surface area contributed by atoms with Crippen molar-refractivity contribution in [2.24, 2.45) is 0 Å². The molecule has 0 radical (unpaired) electrons. The Morgan fingerprint density at radius 2 is 1.86 bits per heavy atom. The van der Waals surface area contributed by atoms with Crippen LogP contribution in [0.3, 0.4) is 0 Å². The summed E-state index contributed by atoms with van der Waals surface area (Å²) < 4.78 is 26.5. The number of nitrogens with zero attached hydrogens (tertiary/aromatic N) is 3. The first-order valence-electron chi connectivity index (χ1n) is 9.27. The van der Waals surface area contributed by atoms with Gasteiger partial charge in [-0.1, -0.05) is 12.1 Å². The summed E-state index contributed by atoms with van der Waals surface area (Å²) >= 11 is 0. The molecule has 5 nitrogen and oxygen atoms in total. The number of halogens is 2. The molecule has 144 valence electrons. The fourth-order valence-electron chi connectivity index (χ4n) is 3.58. The monoisotopic (exact) mass is 382 g/mol. The van der Waals surface area contributed by atoms with Crippen LogP contribution in [0.25, 0.3) is 11.4 Å². The van der Waals surface area contributed by atoms with Crippen LogP contribution >= 0.6 is 0 Å². The Labute approximate surface area is 161 Å². The standard InChI is InChI=1S/C21H20F2N4O/c22-16-5-4-14(11-17(16)23)13-27-9-6-15(7-10-27)21-25-19(12-20(28)26-21)18-3-1-2-8-24-18/h1-5,8,11-12,15H,6-7,9-10,13H2,(H,25,26,28). The summed E-state index contributed by atoms with van der Waals surface area (Å²) in [5, 5.41) is 0. The zero-order chi connectivity index (χ0) is 19.5. The predicted octanol–water partition coefficient (Wildman–Crippen LogP) is 3.49. The molecule has 1 N–H and O–H groups in total. The van der Waals surface area contributed by atoms with Crippen molar-refractivity contribution in [3.63, 3.8) is 0 Å². The number of benzene rings is 1. The van der Waals surface area contributed by atoms with Crippen LogP contribution in [-0.2, 0) is 6.54 Å². The predicted molar refractivity (Wildman–Crippen MR) is 102 cm³/mol. The molecule has 3 aromatic rings. The van der Waals surface area contributed by atoms with Crippen LogP contribution in [0.1, 0.15) is 30.1 Å². The number of aromatic amines is 1. The number of piperidine rings is 1. The van der Waals surface area contributed by atoms with Gasteiger partial charge in [0.2, 0.25) is 0 Å². The maximum absolute atomic E-state index is 13.4. The highest BCUT2D eigenvalue weighted by molar-refractivity contribution is 5.52. The van der Waals surface area contributed by atoms with Crippen LogP contribution in [0.5, 0.6) is 0 Å². The van der Waals surface area contributed by atoms with Crippen LogP contribution in [-0.4, -0.2) is 32.9 Å². The van der Waals surface area contributed by atoms with Gasteiger partial charge in [0.1, 0.15) is 5.82 Å². The van der Waals surface area contributed by atoms with E-state index in [-0.39, 0.29) is 11.5 Å². The molecule has 0 unspecified atom stereocenters. The topological polar surface area (TPSA) is 61.9 Å². The lowest BCUT2D eigenvalue weighted by Crippen LogP contribution is -2.33. The van der Waals surface area contributed by atoms with E-state index in [1.54, 1.807) is 12.3 Å². The van der Waals surface area contributed by atoms with E-state index in [1.807, 2.05) is 18.2 Å². The lowest BCUT2D eigenvalue weighted by molar-refractivity contribution is 0.201. The van der Waals surface area contributed by atoms with Crippen molar-refractivity contribution in [2.75, 3.05) is 13.1 Å². The van der Waals surface area contributed by atoms with Crippen molar-refractivity contribution in [2.45, 2.75) is 25.3 Å². The third-order valence-electron chi connectivity index (χ3n) is 5.05. The minimum absolute atomic E-state index is 0.151. The fraction of sp³-hybridized carbons (Fsp3) is 0.286. The highest BCUT2D eigenvalue weighted by atomic mass is 19.2. The Morgan fingerprint density at radius 1 is 1.04 bits per heavy atom. The van der Waals surface area contributed by atoms with Crippen molar-refractivity contribution in [1.29, 1.82) is 0 Å². The summed E-state index contributed by atoms with van der Waals surface area (Å²) in [7, 11) is 0. The van der Waals surface area contributed by atoms with Crippen LogP contribution in [0.15, 0.2) is 53.5 Å². The van der Waals surface area contributed by atoms with Crippen molar-refractivity contribution in [3.8, 4) is 11.4 Å². The fourth-order valence-corrected chi connectivity index (χ4v) is 3.58. The van der Waals surface area contributed by atoms with Gasteiger partial charge in [0.15, 0.2) is 11.6 Å². The van der Waals surface area contributed by atoms with Gasteiger partial charge in [-0.25, -0.2) is 13.8 Å². The maximum atomic E-state index is 13.4. The number of likely N-dealkylation sites (tertiary alicyclic amines) is 1. The minimum Gasteiger partial charge on any atom is -0.310 e. The number of H-pyrrole nitrogens is 1. The molecule has 1 fully saturated rings. The lowest BCUT2D eigenvalue weighted by Gasteiger charge is -2.31. The molecule has 1 aliphatic rings. The zero-order valence-corrected chi connectivity index (χ0v) is 15.2. The van der Waals surface area contributed by atoms with Gasteiger partial charge in [-0.05, 0) is 55.8 Å². The number of pyridine rings is 1. The highest BCUT2D eigenvalue weighted by Crippen LogP contribution is 2.27. The maximum Gasteiger partial charge on any atom is 0.251 e. The zero-order valence-electron chi connectivity index (χ0n) is 15.2. The summed E-state index contributed by atoms with van der Waals surface area (Å²) in [4.78, 5) is 26.0. The molecule has 28 heavy (non-hydrogen) atoms. The third kappa shape index (κ3) is 4.14. The summed E-state index contributed by atoms with van der Waals surface area (Å²) in [5.41, 5.74) is 1.81. The van der Waals surface area contributed by atoms with E-state index >= 15 is 0 Å². The second-order valence-electron chi connectivity index (χ2n) is 7.03. The molecule has 0 saturated carbocycles. The van der Waals surface area contributed by atoms with Gasteiger partial charge in [0.25, 0.3) is 5.56 Å². The molecule has 4 rings (SSSR count). The van der Waals surface area contributed by atoms with E-state index in [9.17, 15) is 13.6 Å². The van der Waals surface area contributed by atoms with E-state index in [1.165, 1.54) is 12.1 Å². The van der Waals surface area contributed by atoms with Gasteiger partial charge in [0, 0.05) is 24.7 Å². The average molecular weight is 382 g/mol. The third-order valence-corrected chi connectivity index (χ3v) is 5.05. The van der Waals surface area contributed by atoms with E-state index < -0.39 is 11.6 Å². The summed E-state index contributed by atoms with van der Waals surface area (Å²) in [6.07, 6.45) is 3.34. The number of nitrogens with one attached hydrogen (secondary N) is 1. The number of aromatic nitrogens is 3. The largest absolute Gasteiger partial charge is 0.310 e. The van der Waals surface area contributed by atoms with E-state index in [4.69, 9.17) is 0 Å². The Balaban J connectivity index is 1.44. The molecule has 3 heterocycles. The van der Waals surface area contributed by atoms with E-state index in [0.29, 0.717) is 23.8 Å². The molecular weight excluding hydrogens is 362 g/mol. The minimum atomic E-state index is -0.828. The first-order chi connectivity index (χ1) is 13.6. The first-order valence-corrected chi connectivity index (χ1v) is 9.27. The lowest BCUT2D eigenvalue weighted by atomic mass is 9.95. The van der Waals surface area contributed by atoms with E-state index in [0.717, 1.165) is 37.6 Å².